The van der Waals surface area contributed by atoms with Crippen LogP contribution in [-0.4, -0.2) is 63.8 Å². The number of anilines is 1. The lowest BCUT2D eigenvalue weighted by Crippen LogP contribution is -2.25. The van der Waals surface area contributed by atoms with Gasteiger partial charge in [0.15, 0.2) is 5.65 Å². The number of H-pyrrole nitrogens is 1. The molecule has 0 fully saturated rings. The largest absolute Gasteiger partial charge is 0.496 e. The molecule has 0 saturated heterocycles. The van der Waals surface area contributed by atoms with E-state index in [0.29, 0.717) is 61.9 Å². The van der Waals surface area contributed by atoms with Crippen molar-refractivity contribution in [3.8, 4) is 45.5 Å². The molecule has 11 nitrogen and oxygen atoms in total. The zero-order valence-electron chi connectivity index (χ0n) is 24.9. The van der Waals surface area contributed by atoms with Crippen LogP contribution in [-0.2, 0) is 10.0 Å². The number of rotatable bonds is 8. The molecule has 0 saturated carbocycles. The highest BCUT2D eigenvalue weighted by molar-refractivity contribution is 7.92. The van der Waals surface area contributed by atoms with Gasteiger partial charge in [0.05, 0.1) is 37.3 Å². The number of carbonyl (C=O) groups is 1. The molecule has 3 aromatic heterocycles. The van der Waals surface area contributed by atoms with Crippen LogP contribution in [0.15, 0.2) is 71.1 Å². The van der Waals surface area contributed by atoms with Crippen LogP contribution in [0.5, 0.6) is 11.6 Å². The standard InChI is InChI=1S/C32H28FN5O6S/c1-34-32(39)28-21-15-20(24(38(2)45(5,40)41)16-26(21)44-29(28)17-6-9-19(33)10-7-17)18-8-12-25(42-3)22(14-18)30-35-23-11-13-27(43-4)36-31(23)37-30/h6-16H,1-5H3,(H,34,39)(H,35,36,37). The average Bonchev–Trinajstić information content (AvgIpc) is 3.64. The maximum absolute atomic E-state index is 13.7. The second-order valence-electron chi connectivity index (χ2n) is 10.2. The SMILES string of the molecule is CNC(=O)c1c(-c2ccc(F)cc2)oc2cc(N(C)S(C)(=O)=O)c(-c3ccc(OC)c(-c4nc5ccc(OC)nc5[nH]4)c3)cc12. The molecule has 0 spiro atoms. The van der Waals surface area contributed by atoms with Crippen LogP contribution in [0.1, 0.15) is 10.4 Å². The van der Waals surface area contributed by atoms with Gasteiger partial charge in [-0.15, -0.1) is 0 Å². The molecule has 0 atom stereocenters. The molecule has 0 unspecified atom stereocenters. The summed E-state index contributed by atoms with van der Waals surface area (Å²) in [7, 11) is 2.27. The number of aromatic amines is 1. The topological polar surface area (TPSA) is 140 Å². The molecule has 6 rings (SSSR count). The first-order valence-electron chi connectivity index (χ1n) is 13.6. The van der Waals surface area contributed by atoms with E-state index >= 15 is 0 Å². The van der Waals surface area contributed by atoms with E-state index in [1.54, 1.807) is 36.4 Å². The van der Waals surface area contributed by atoms with Crippen molar-refractivity contribution in [1.29, 1.82) is 0 Å². The molecule has 230 valence electrons. The molecule has 0 aliphatic heterocycles. The molecular weight excluding hydrogens is 601 g/mol. The maximum atomic E-state index is 13.7. The quantitative estimate of drug-likeness (QED) is 0.221. The molecule has 13 heteroatoms. The summed E-state index contributed by atoms with van der Waals surface area (Å²) in [6.45, 7) is 0. The van der Waals surface area contributed by atoms with E-state index in [4.69, 9.17) is 13.9 Å². The number of benzene rings is 3. The van der Waals surface area contributed by atoms with Crippen LogP contribution in [0.2, 0.25) is 0 Å². The van der Waals surface area contributed by atoms with Gasteiger partial charge in [0, 0.05) is 42.7 Å². The van der Waals surface area contributed by atoms with Crippen molar-refractivity contribution in [3.63, 3.8) is 0 Å². The number of methoxy groups -OCH3 is 2. The Labute approximate surface area is 257 Å². The summed E-state index contributed by atoms with van der Waals surface area (Å²) in [4.78, 5) is 25.5. The molecule has 6 aromatic rings. The van der Waals surface area contributed by atoms with Crippen molar-refractivity contribution in [2.75, 3.05) is 38.9 Å². The van der Waals surface area contributed by atoms with E-state index in [-0.39, 0.29) is 16.9 Å². The lowest BCUT2D eigenvalue weighted by molar-refractivity contribution is 0.0964. The minimum atomic E-state index is -3.73. The predicted octanol–water partition coefficient (Wildman–Crippen LogP) is 5.62. The Morgan fingerprint density at radius 3 is 2.36 bits per heavy atom. The van der Waals surface area contributed by atoms with Crippen LogP contribution in [0.25, 0.3) is 56.0 Å². The average molecular weight is 630 g/mol. The first-order valence-corrected chi connectivity index (χ1v) is 15.5. The third-order valence-electron chi connectivity index (χ3n) is 7.50. The number of carbonyl (C=O) groups excluding carboxylic acids is 1. The molecule has 1 amide bonds. The summed E-state index contributed by atoms with van der Waals surface area (Å²) in [6, 6.07) is 17.7. The summed E-state index contributed by atoms with van der Waals surface area (Å²) in [5.41, 5.74) is 4.09. The molecule has 2 N–H and O–H groups in total. The van der Waals surface area contributed by atoms with Gasteiger partial charge in [0.1, 0.15) is 34.3 Å². The number of halogens is 1. The number of pyridine rings is 1. The van der Waals surface area contributed by atoms with Gasteiger partial charge in [-0.2, -0.15) is 4.98 Å². The second kappa shape index (κ2) is 11.2. The van der Waals surface area contributed by atoms with Crippen molar-refractivity contribution >= 4 is 43.8 Å². The van der Waals surface area contributed by atoms with Crippen LogP contribution in [0.3, 0.4) is 0 Å². The highest BCUT2D eigenvalue weighted by Gasteiger charge is 2.26. The number of amides is 1. The summed E-state index contributed by atoms with van der Waals surface area (Å²) in [5.74, 6) is 0.755. The van der Waals surface area contributed by atoms with Crippen LogP contribution < -0.4 is 19.1 Å². The molecule has 0 radical (unpaired) electrons. The molecule has 0 aliphatic rings. The van der Waals surface area contributed by atoms with Gasteiger partial charge in [0.25, 0.3) is 5.91 Å². The third kappa shape index (κ3) is 5.31. The lowest BCUT2D eigenvalue weighted by atomic mass is 9.97. The van der Waals surface area contributed by atoms with Gasteiger partial charge in [0.2, 0.25) is 15.9 Å². The Hall–Kier alpha value is -5.43. The first-order chi connectivity index (χ1) is 21.5. The van der Waals surface area contributed by atoms with E-state index in [1.165, 1.54) is 52.6 Å². The number of ether oxygens (including phenoxy) is 2. The van der Waals surface area contributed by atoms with Gasteiger partial charge in [-0.05, 0) is 54.1 Å². The van der Waals surface area contributed by atoms with Crippen molar-refractivity contribution < 1.29 is 31.5 Å². The highest BCUT2D eigenvalue weighted by Crippen LogP contribution is 2.43. The lowest BCUT2D eigenvalue weighted by Gasteiger charge is -2.21. The predicted molar refractivity (Wildman–Crippen MR) is 170 cm³/mol. The Kier molecular flexibility index (Phi) is 7.41. The maximum Gasteiger partial charge on any atom is 0.255 e. The Morgan fingerprint density at radius 2 is 1.69 bits per heavy atom. The summed E-state index contributed by atoms with van der Waals surface area (Å²) in [6.07, 6.45) is 1.10. The number of nitrogens with zero attached hydrogens (tertiary/aromatic N) is 3. The van der Waals surface area contributed by atoms with Gasteiger partial charge >= 0.3 is 0 Å². The number of sulfonamides is 1. The smallest absolute Gasteiger partial charge is 0.255 e. The van der Waals surface area contributed by atoms with Crippen molar-refractivity contribution in [1.82, 2.24) is 20.3 Å². The van der Waals surface area contributed by atoms with Gasteiger partial charge < -0.3 is 24.2 Å². The molecule has 0 aliphatic carbocycles. The van der Waals surface area contributed by atoms with E-state index in [1.807, 2.05) is 6.07 Å². The second-order valence-corrected chi connectivity index (χ2v) is 12.2. The number of aromatic nitrogens is 3. The monoisotopic (exact) mass is 629 g/mol. The number of hydrogen-bond acceptors (Lipinski definition) is 8. The highest BCUT2D eigenvalue weighted by atomic mass is 32.2. The van der Waals surface area contributed by atoms with Crippen molar-refractivity contribution in [3.05, 3.63) is 78.1 Å². The Balaban J connectivity index is 1.62. The van der Waals surface area contributed by atoms with E-state index in [2.05, 4.69) is 20.3 Å². The fourth-order valence-corrected chi connectivity index (χ4v) is 5.64. The summed E-state index contributed by atoms with van der Waals surface area (Å²) < 4.78 is 57.6. The van der Waals surface area contributed by atoms with E-state index in [9.17, 15) is 17.6 Å². The van der Waals surface area contributed by atoms with Crippen LogP contribution >= 0.6 is 0 Å². The van der Waals surface area contributed by atoms with E-state index < -0.39 is 21.7 Å². The molecule has 0 bridgehead atoms. The van der Waals surface area contributed by atoms with Gasteiger partial charge in [-0.1, -0.05) is 6.07 Å². The van der Waals surface area contributed by atoms with E-state index in [0.717, 1.165) is 10.6 Å². The zero-order chi connectivity index (χ0) is 32.0. The summed E-state index contributed by atoms with van der Waals surface area (Å²) >= 11 is 0. The first kappa shape index (κ1) is 29.6. The van der Waals surface area contributed by atoms with Crippen molar-refractivity contribution in [2.45, 2.75) is 0 Å². The number of fused-ring (bicyclic) bond motifs is 2. The number of furan rings is 1. The minimum Gasteiger partial charge on any atom is -0.496 e. The fourth-order valence-electron chi connectivity index (χ4n) is 5.14. The normalized spacial score (nSPS) is 11.6. The molecule has 3 aromatic carbocycles. The Bertz CT molecular complexity index is 2210. The number of hydrogen-bond donors (Lipinski definition) is 2. The third-order valence-corrected chi connectivity index (χ3v) is 8.69. The molecule has 45 heavy (non-hydrogen) atoms. The van der Waals surface area contributed by atoms with Gasteiger partial charge in [-0.3, -0.25) is 9.10 Å². The number of nitrogens with one attached hydrogen (secondary N) is 2. The minimum absolute atomic E-state index is 0.218. The van der Waals surface area contributed by atoms with Crippen molar-refractivity contribution in [2.24, 2.45) is 0 Å². The van der Waals surface area contributed by atoms with Crippen LogP contribution in [0, 0.1) is 5.82 Å². The van der Waals surface area contributed by atoms with Gasteiger partial charge in [-0.25, -0.2) is 17.8 Å². The number of imidazole rings is 1. The Morgan fingerprint density at radius 1 is 0.956 bits per heavy atom. The molecule has 3 heterocycles. The fraction of sp³-hybridized carbons (Fsp3) is 0.156. The van der Waals surface area contributed by atoms with Crippen LogP contribution in [0.4, 0.5) is 10.1 Å². The summed E-state index contributed by atoms with van der Waals surface area (Å²) in [5, 5.41) is 3.08. The zero-order valence-corrected chi connectivity index (χ0v) is 25.7. The molecular formula is C32H28FN5O6S.